The Bertz CT molecular complexity index is 1010. The van der Waals surface area contributed by atoms with Gasteiger partial charge in [-0.3, -0.25) is 9.69 Å². The molecule has 0 aliphatic carbocycles. The van der Waals surface area contributed by atoms with E-state index in [1.54, 1.807) is 0 Å². The van der Waals surface area contributed by atoms with Crippen molar-refractivity contribution in [3.05, 3.63) is 66.1 Å². The van der Waals surface area contributed by atoms with Crippen molar-refractivity contribution in [3.8, 4) is 5.75 Å². The van der Waals surface area contributed by atoms with Crippen LogP contribution in [-0.4, -0.2) is 32.8 Å². The van der Waals surface area contributed by atoms with Crippen LogP contribution in [0.3, 0.4) is 0 Å². The third kappa shape index (κ3) is 2.03. The highest BCUT2D eigenvalue weighted by Crippen LogP contribution is 2.41. The van der Waals surface area contributed by atoms with Crippen LogP contribution in [0.2, 0.25) is 0 Å². The van der Waals surface area contributed by atoms with Crippen LogP contribution in [0.1, 0.15) is 17.7 Å². The molecule has 1 saturated heterocycles. The standard InChI is InChI=1S/C19H16N4O3/c24-17-19(8-10-26-15-6-2-1-5-14(15)19)21-18(25)23(17)12-13-11-22-9-4-3-7-16(22)20-13/h1-7,9,11H,8,10,12H2,(H,21,25)/t19-/m1/s1. The number of rotatable bonds is 2. The topological polar surface area (TPSA) is 75.9 Å². The molecular formula is C19H16N4O3. The molecule has 3 aromatic rings. The first-order valence-electron chi connectivity index (χ1n) is 8.46. The first kappa shape index (κ1) is 14.9. The van der Waals surface area contributed by atoms with Gasteiger partial charge in [0, 0.05) is 24.4 Å². The summed E-state index contributed by atoms with van der Waals surface area (Å²) in [5.74, 6) is 0.386. The molecule has 1 fully saturated rings. The molecule has 7 heteroatoms. The van der Waals surface area contributed by atoms with Gasteiger partial charge in [-0.25, -0.2) is 9.78 Å². The summed E-state index contributed by atoms with van der Waals surface area (Å²) in [5.41, 5.74) is 1.10. The second-order valence-corrected chi connectivity index (χ2v) is 6.52. The lowest BCUT2D eigenvalue weighted by Crippen LogP contribution is -2.47. The lowest BCUT2D eigenvalue weighted by atomic mass is 9.84. The summed E-state index contributed by atoms with van der Waals surface area (Å²) in [7, 11) is 0. The molecule has 2 aliphatic rings. The van der Waals surface area contributed by atoms with Gasteiger partial charge in [-0.15, -0.1) is 0 Å². The highest BCUT2D eigenvalue weighted by molar-refractivity contribution is 6.07. The maximum atomic E-state index is 13.2. The van der Waals surface area contributed by atoms with Crippen molar-refractivity contribution in [2.75, 3.05) is 6.61 Å². The first-order chi connectivity index (χ1) is 12.7. The number of hydrogen-bond acceptors (Lipinski definition) is 4. The normalized spacial score (nSPS) is 21.8. The van der Waals surface area contributed by atoms with Crippen molar-refractivity contribution < 1.29 is 14.3 Å². The van der Waals surface area contributed by atoms with Crippen LogP contribution in [-0.2, 0) is 16.9 Å². The Morgan fingerprint density at radius 2 is 2.00 bits per heavy atom. The highest BCUT2D eigenvalue weighted by atomic mass is 16.5. The molecule has 1 aromatic carbocycles. The lowest BCUT2D eigenvalue weighted by Gasteiger charge is -2.33. The average molecular weight is 348 g/mol. The Kier molecular flexibility index (Phi) is 3.06. The highest BCUT2D eigenvalue weighted by Gasteiger charge is 2.54. The number of amides is 3. The molecule has 26 heavy (non-hydrogen) atoms. The quantitative estimate of drug-likeness (QED) is 0.720. The molecule has 130 valence electrons. The minimum absolute atomic E-state index is 0.136. The zero-order valence-corrected chi connectivity index (χ0v) is 13.9. The van der Waals surface area contributed by atoms with E-state index in [1.165, 1.54) is 4.90 Å². The maximum absolute atomic E-state index is 13.2. The molecule has 0 radical (unpaired) electrons. The first-order valence-corrected chi connectivity index (χ1v) is 8.46. The molecule has 0 bridgehead atoms. The average Bonchev–Trinajstić information content (AvgIpc) is 3.17. The summed E-state index contributed by atoms with van der Waals surface area (Å²) < 4.78 is 7.52. The van der Waals surface area contributed by atoms with Gasteiger partial charge in [-0.05, 0) is 18.2 Å². The molecule has 0 saturated carbocycles. The van der Waals surface area contributed by atoms with Crippen molar-refractivity contribution in [1.29, 1.82) is 0 Å². The van der Waals surface area contributed by atoms with Crippen molar-refractivity contribution >= 4 is 17.6 Å². The van der Waals surface area contributed by atoms with E-state index in [4.69, 9.17) is 4.74 Å². The van der Waals surface area contributed by atoms with Crippen molar-refractivity contribution in [3.63, 3.8) is 0 Å². The molecule has 1 spiro atoms. The molecular weight excluding hydrogens is 332 g/mol. The Hall–Kier alpha value is -3.35. The van der Waals surface area contributed by atoms with Gasteiger partial charge in [0.2, 0.25) is 0 Å². The number of imidazole rings is 1. The van der Waals surface area contributed by atoms with Gasteiger partial charge in [-0.1, -0.05) is 24.3 Å². The molecule has 7 nitrogen and oxygen atoms in total. The summed E-state index contributed by atoms with van der Waals surface area (Å²) in [5, 5.41) is 2.90. The molecule has 4 heterocycles. The van der Waals surface area contributed by atoms with E-state index in [0.29, 0.717) is 30.0 Å². The smallest absolute Gasteiger partial charge is 0.325 e. The minimum Gasteiger partial charge on any atom is -0.493 e. The van der Waals surface area contributed by atoms with Crippen LogP contribution in [0.5, 0.6) is 5.75 Å². The Morgan fingerprint density at radius 3 is 2.88 bits per heavy atom. The van der Waals surface area contributed by atoms with Crippen molar-refractivity contribution in [2.24, 2.45) is 0 Å². The monoisotopic (exact) mass is 348 g/mol. The summed E-state index contributed by atoms with van der Waals surface area (Å²) in [4.78, 5) is 31.6. The molecule has 3 amide bonds. The van der Waals surface area contributed by atoms with Crippen LogP contribution in [0.15, 0.2) is 54.9 Å². The summed E-state index contributed by atoms with van der Waals surface area (Å²) in [6, 6.07) is 12.6. The number of carbonyl (C=O) groups is 2. The van der Waals surface area contributed by atoms with Crippen LogP contribution in [0.25, 0.3) is 5.65 Å². The molecule has 1 atom stereocenters. The van der Waals surface area contributed by atoms with Crippen molar-refractivity contribution in [1.82, 2.24) is 19.6 Å². The minimum atomic E-state index is -1.05. The van der Waals surface area contributed by atoms with Gasteiger partial charge < -0.3 is 14.5 Å². The summed E-state index contributed by atoms with van der Waals surface area (Å²) in [6.45, 7) is 0.516. The lowest BCUT2D eigenvalue weighted by molar-refractivity contribution is -0.133. The summed E-state index contributed by atoms with van der Waals surface area (Å²) >= 11 is 0. The third-order valence-electron chi connectivity index (χ3n) is 4.99. The molecule has 2 aliphatic heterocycles. The third-order valence-corrected chi connectivity index (χ3v) is 4.99. The number of aromatic nitrogens is 2. The second-order valence-electron chi connectivity index (χ2n) is 6.52. The number of nitrogens with zero attached hydrogens (tertiary/aromatic N) is 3. The van der Waals surface area contributed by atoms with E-state index in [0.717, 1.165) is 5.65 Å². The Labute approximate surface area is 149 Å². The van der Waals surface area contributed by atoms with Gasteiger partial charge in [-0.2, -0.15) is 0 Å². The van der Waals surface area contributed by atoms with Crippen LogP contribution >= 0.6 is 0 Å². The fraction of sp³-hybridized carbons (Fsp3) is 0.211. The Morgan fingerprint density at radius 1 is 1.15 bits per heavy atom. The number of imide groups is 1. The van der Waals surface area contributed by atoms with Crippen molar-refractivity contribution in [2.45, 2.75) is 18.5 Å². The fourth-order valence-corrected chi connectivity index (χ4v) is 3.74. The van der Waals surface area contributed by atoms with E-state index < -0.39 is 11.6 Å². The molecule has 5 rings (SSSR count). The van der Waals surface area contributed by atoms with Crippen LogP contribution in [0, 0.1) is 0 Å². The second kappa shape index (κ2) is 5.32. The Balaban J connectivity index is 1.51. The molecule has 0 unspecified atom stereocenters. The van der Waals surface area contributed by atoms with Crippen LogP contribution in [0.4, 0.5) is 4.79 Å². The number of fused-ring (bicyclic) bond motifs is 3. The van der Waals surface area contributed by atoms with Gasteiger partial charge in [0.15, 0.2) is 5.54 Å². The van der Waals surface area contributed by atoms with E-state index >= 15 is 0 Å². The molecule has 2 aromatic heterocycles. The number of hydrogen-bond donors (Lipinski definition) is 1. The number of urea groups is 1. The van der Waals surface area contributed by atoms with Gasteiger partial charge in [0.1, 0.15) is 11.4 Å². The number of nitrogens with one attached hydrogen (secondary N) is 1. The van der Waals surface area contributed by atoms with E-state index in [1.807, 2.05) is 59.3 Å². The molecule has 1 N–H and O–H groups in total. The summed E-state index contributed by atoms with van der Waals surface area (Å²) in [6.07, 6.45) is 4.13. The van der Waals surface area contributed by atoms with Gasteiger partial charge in [0.25, 0.3) is 5.91 Å². The number of ether oxygens (including phenoxy) is 1. The van der Waals surface area contributed by atoms with E-state index in [2.05, 4.69) is 10.3 Å². The number of benzene rings is 1. The predicted molar refractivity (Wildman–Crippen MR) is 92.5 cm³/mol. The van der Waals surface area contributed by atoms with E-state index in [-0.39, 0.29) is 12.5 Å². The number of pyridine rings is 1. The SMILES string of the molecule is O=C1N[C@@]2(CCOc3ccccc32)C(=O)N1Cc1cn2ccccc2n1. The number of carbonyl (C=O) groups excluding carboxylic acids is 2. The number of para-hydroxylation sites is 1. The van der Waals surface area contributed by atoms with Gasteiger partial charge >= 0.3 is 6.03 Å². The fourth-order valence-electron chi connectivity index (χ4n) is 3.74. The van der Waals surface area contributed by atoms with Gasteiger partial charge in [0.05, 0.1) is 18.8 Å². The predicted octanol–water partition coefficient (Wildman–Crippen LogP) is 2.06. The largest absolute Gasteiger partial charge is 0.493 e. The zero-order valence-electron chi connectivity index (χ0n) is 13.9. The van der Waals surface area contributed by atoms with Crippen LogP contribution < -0.4 is 10.1 Å². The van der Waals surface area contributed by atoms with E-state index in [9.17, 15) is 9.59 Å². The zero-order chi connectivity index (χ0) is 17.7. The maximum Gasteiger partial charge on any atom is 0.325 e.